The molecule has 0 amide bonds. The SMILES string of the molecule is COc1ccc(O)cc1C=C(CS)B1OC(C)(C)C(C)(C)O1. The van der Waals surface area contributed by atoms with Crippen molar-refractivity contribution >= 4 is 25.8 Å². The lowest BCUT2D eigenvalue weighted by Gasteiger charge is -2.32. The molecule has 1 aromatic carbocycles. The molecule has 1 heterocycles. The Morgan fingerprint density at radius 2 is 1.86 bits per heavy atom. The van der Waals surface area contributed by atoms with Crippen LogP contribution in [-0.4, -0.2) is 36.3 Å². The van der Waals surface area contributed by atoms with Crippen LogP contribution in [0, 0.1) is 0 Å². The van der Waals surface area contributed by atoms with Crippen molar-refractivity contribution in [2.45, 2.75) is 38.9 Å². The summed E-state index contributed by atoms with van der Waals surface area (Å²) in [6.45, 7) is 8.05. The number of methoxy groups -OCH3 is 1. The summed E-state index contributed by atoms with van der Waals surface area (Å²) >= 11 is 4.39. The molecular formula is C16H23BO4S. The van der Waals surface area contributed by atoms with Crippen molar-refractivity contribution in [3.05, 3.63) is 29.2 Å². The van der Waals surface area contributed by atoms with Crippen LogP contribution < -0.4 is 4.74 Å². The van der Waals surface area contributed by atoms with Crippen LogP contribution in [-0.2, 0) is 9.31 Å². The highest BCUT2D eigenvalue weighted by Crippen LogP contribution is 2.39. The molecule has 2 rings (SSSR count). The lowest BCUT2D eigenvalue weighted by molar-refractivity contribution is 0.00578. The number of rotatable bonds is 4. The third-order valence-electron chi connectivity index (χ3n) is 4.29. The molecule has 0 aliphatic carbocycles. The summed E-state index contributed by atoms with van der Waals surface area (Å²) in [5, 5.41) is 9.68. The summed E-state index contributed by atoms with van der Waals surface area (Å²) < 4.78 is 17.4. The maximum absolute atomic E-state index is 9.68. The Hall–Kier alpha value is -1.11. The summed E-state index contributed by atoms with van der Waals surface area (Å²) in [7, 11) is 1.13. The van der Waals surface area contributed by atoms with Crippen molar-refractivity contribution in [1.82, 2.24) is 0 Å². The number of ether oxygens (including phenoxy) is 1. The van der Waals surface area contributed by atoms with Crippen molar-refractivity contribution in [2.75, 3.05) is 12.9 Å². The van der Waals surface area contributed by atoms with Gasteiger partial charge in [-0.1, -0.05) is 6.08 Å². The number of hydrogen-bond donors (Lipinski definition) is 2. The number of hydrogen-bond acceptors (Lipinski definition) is 5. The molecule has 0 spiro atoms. The van der Waals surface area contributed by atoms with Crippen molar-refractivity contribution in [3.63, 3.8) is 0 Å². The van der Waals surface area contributed by atoms with E-state index < -0.39 is 18.3 Å². The third-order valence-corrected chi connectivity index (χ3v) is 4.66. The quantitative estimate of drug-likeness (QED) is 0.659. The van der Waals surface area contributed by atoms with Crippen molar-refractivity contribution < 1.29 is 19.2 Å². The molecule has 1 N–H and O–H groups in total. The molecule has 1 aliphatic rings. The van der Waals surface area contributed by atoms with Gasteiger partial charge in [-0.05, 0) is 51.4 Å². The van der Waals surface area contributed by atoms with Crippen LogP contribution in [0.3, 0.4) is 0 Å². The topological polar surface area (TPSA) is 47.9 Å². The second-order valence-electron chi connectivity index (χ2n) is 6.39. The standard InChI is InChI=1S/C16H23BO4S/c1-15(2)16(3,4)21-17(20-15)12(10-22)8-11-9-13(18)6-7-14(11)19-5/h6-9,18,22H,10H2,1-5H3. The van der Waals surface area contributed by atoms with E-state index in [0.29, 0.717) is 11.5 Å². The maximum Gasteiger partial charge on any atom is 0.491 e. The highest BCUT2D eigenvalue weighted by atomic mass is 32.1. The van der Waals surface area contributed by atoms with Crippen LogP contribution in [0.1, 0.15) is 33.3 Å². The van der Waals surface area contributed by atoms with Crippen LogP contribution >= 0.6 is 12.6 Å². The van der Waals surface area contributed by atoms with E-state index in [0.717, 1.165) is 11.0 Å². The van der Waals surface area contributed by atoms with Crippen molar-refractivity contribution in [2.24, 2.45) is 0 Å². The average Bonchev–Trinajstić information content (AvgIpc) is 2.64. The molecule has 1 aliphatic heterocycles. The van der Waals surface area contributed by atoms with E-state index in [2.05, 4.69) is 12.6 Å². The Balaban J connectivity index is 2.35. The highest BCUT2D eigenvalue weighted by Gasteiger charge is 2.52. The fraction of sp³-hybridized carbons (Fsp3) is 0.500. The van der Waals surface area contributed by atoms with Gasteiger partial charge in [-0.3, -0.25) is 0 Å². The van der Waals surface area contributed by atoms with Gasteiger partial charge >= 0.3 is 7.12 Å². The predicted molar refractivity (Wildman–Crippen MR) is 92.6 cm³/mol. The molecule has 0 aromatic heterocycles. The van der Waals surface area contributed by atoms with Gasteiger partial charge in [0.05, 0.1) is 18.3 Å². The number of benzene rings is 1. The molecule has 6 heteroatoms. The number of aromatic hydroxyl groups is 1. The molecule has 0 bridgehead atoms. The molecule has 22 heavy (non-hydrogen) atoms. The Kier molecular flexibility index (Phi) is 4.85. The molecule has 1 saturated heterocycles. The number of phenols is 1. The van der Waals surface area contributed by atoms with Gasteiger partial charge in [0.15, 0.2) is 0 Å². The molecule has 1 fully saturated rings. The van der Waals surface area contributed by atoms with Gasteiger partial charge in [-0.2, -0.15) is 12.6 Å². The largest absolute Gasteiger partial charge is 0.508 e. The monoisotopic (exact) mass is 322 g/mol. The van der Waals surface area contributed by atoms with Gasteiger partial charge in [0.1, 0.15) is 11.5 Å². The Morgan fingerprint density at radius 3 is 2.36 bits per heavy atom. The fourth-order valence-corrected chi connectivity index (χ4v) is 2.46. The maximum atomic E-state index is 9.68. The second-order valence-corrected chi connectivity index (χ2v) is 6.71. The molecule has 4 nitrogen and oxygen atoms in total. The average molecular weight is 322 g/mol. The smallest absolute Gasteiger partial charge is 0.491 e. The van der Waals surface area contributed by atoms with E-state index >= 15 is 0 Å². The van der Waals surface area contributed by atoms with E-state index in [1.165, 1.54) is 0 Å². The molecule has 120 valence electrons. The lowest BCUT2D eigenvalue weighted by Crippen LogP contribution is -2.41. The zero-order valence-electron chi connectivity index (χ0n) is 13.7. The van der Waals surface area contributed by atoms with E-state index in [1.807, 2.05) is 33.8 Å². The van der Waals surface area contributed by atoms with E-state index in [9.17, 15) is 5.11 Å². The minimum atomic E-state index is -0.463. The molecule has 1 aromatic rings. The highest BCUT2D eigenvalue weighted by molar-refractivity contribution is 7.80. The summed E-state index contributed by atoms with van der Waals surface area (Å²) in [5.41, 5.74) is 0.845. The Labute approximate surface area is 138 Å². The Morgan fingerprint density at radius 1 is 1.27 bits per heavy atom. The second kappa shape index (κ2) is 6.18. The first-order valence-electron chi connectivity index (χ1n) is 7.24. The summed E-state index contributed by atoms with van der Waals surface area (Å²) in [6.07, 6.45) is 1.90. The first-order valence-corrected chi connectivity index (χ1v) is 7.87. The third kappa shape index (κ3) is 3.29. The van der Waals surface area contributed by atoms with Gasteiger partial charge in [0.2, 0.25) is 0 Å². The molecule has 0 unspecified atom stereocenters. The van der Waals surface area contributed by atoms with Crippen LogP contribution in [0.25, 0.3) is 6.08 Å². The van der Waals surface area contributed by atoms with Gasteiger partial charge < -0.3 is 19.2 Å². The Bertz CT molecular complexity index is 568. The number of phenolic OH excluding ortho intramolecular Hbond substituents is 1. The normalized spacial score (nSPS) is 20.3. The molecule has 0 radical (unpaired) electrons. The fourth-order valence-electron chi connectivity index (χ4n) is 2.22. The van der Waals surface area contributed by atoms with E-state index in [4.69, 9.17) is 14.0 Å². The minimum absolute atomic E-state index is 0.180. The van der Waals surface area contributed by atoms with E-state index in [-0.39, 0.29) is 5.75 Å². The minimum Gasteiger partial charge on any atom is -0.508 e. The number of thiol groups is 1. The van der Waals surface area contributed by atoms with Gasteiger partial charge in [0, 0.05) is 11.3 Å². The van der Waals surface area contributed by atoms with Gasteiger partial charge in [0.25, 0.3) is 0 Å². The van der Waals surface area contributed by atoms with Crippen molar-refractivity contribution in [3.8, 4) is 11.5 Å². The summed E-state index contributed by atoms with van der Waals surface area (Å²) in [4.78, 5) is 0. The lowest BCUT2D eigenvalue weighted by atomic mass is 9.78. The van der Waals surface area contributed by atoms with Crippen LogP contribution in [0.2, 0.25) is 0 Å². The van der Waals surface area contributed by atoms with Crippen LogP contribution in [0.15, 0.2) is 23.7 Å². The van der Waals surface area contributed by atoms with Gasteiger partial charge in [-0.25, -0.2) is 0 Å². The van der Waals surface area contributed by atoms with Gasteiger partial charge in [-0.15, -0.1) is 0 Å². The van der Waals surface area contributed by atoms with E-state index in [1.54, 1.807) is 25.3 Å². The summed E-state index contributed by atoms with van der Waals surface area (Å²) in [5.74, 6) is 1.34. The van der Waals surface area contributed by atoms with Crippen LogP contribution in [0.5, 0.6) is 11.5 Å². The summed E-state index contributed by atoms with van der Waals surface area (Å²) in [6, 6.07) is 4.96. The molecular weight excluding hydrogens is 299 g/mol. The first kappa shape index (κ1) is 17.3. The molecule has 0 saturated carbocycles. The molecule has 0 atom stereocenters. The first-order chi connectivity index (χ1) is 10.2. The predicted octanol–water partition coefficient (Wildman–Crippen LogP) is 3.35. The zero-order chi connectivity index (χ0) is 16.5. The van der Waals surface area contributed by atoms with Crippen LogP contribution in [0.4, 0.5) is 0 Å². The van der Waals surface area contributed by atoms with Crippen molar-refractivity contribution in [1.29, 1.82) is 0 Å². The zero-order valence-corrected chi connectivity index (χ0v) is 14.6.